The van der Waals surface area contributed by atoms with Crippen molar-refractivity contribution < 1.29 is 23.1 Å². The summed E-state index contributed by atoms with van der Waals surface area (Å²) in [6.07, 6.45) is 5.77. The largest absolute Gasteiger partial charge is 0.387 e. The van der Waals surface area contributed by atoms with E-state index >= 15 is 0 Å². The first-order valence-electron chi connectivity index (χ1n) is 9.91. The van der Waals surface area contributed by atoms with E-state index in [4.69, 9.17) is 4.74 Å². The molecule has 1 saturated carbocycles. The zero-order valence-corrected chi connectivity index (χ0v) is 17.1. The van der Waals surface area contributed by atoms with E-state index in [2.05, 4.69) is 29.0 Å². The van der Waals surface area contributed by atoms with Gasteiger partial charge in [-0.1, -0.05) is 30.3 Å². The maximum absolute atomic E-state index is 12.0. The summed E-state index contributed by atoms with van der Waals surface area (Å²) in [5.74, 6) is 0.166. The van der Waals surface area contributed by atoms with Crippen LogP contribution in [0.1, 0.15) is 43.6 Å². The highest BCUT2D eigenvalue weighted by Gasteiger charge is 2.39. The molecule has 1 aromatic carbocycles. The fourth-order valence-electron chi connectivity index (χ4n) is 4.40. The molecular weight excluding hydrogens is 380 g/mol. The highest BCUT2D eigenvalue weighted by molar-refractivity contribution is 7.88. The molecule has 0 radical (unpaired) electrons. The van der Waals surface area contributed by atoms with Gasteiger partial charge in [0.1, 0.15) is 6.61 Å². The van der Waals surface area contributed by atoms with Crippen LogP contribution in [0.15, 0.2) is 30.3 Å². The summed E-state index contributed by atoms with van der Waals surface area (Å²) in [4.78, 5) is 13.6. The third-order valence-corrected chi connectivity index (χ3v) is 6.55. The highest BCUT2D eigenvalue weighted by atomic mass is 32.2. The second kappa shape index (κ2) is 9.35. The summed E-state index contributed by atoms with van der Waals surface area (Å²) < 4.78 is 32.0. The van der Waals surface area contributed by atoms with Gasteiger partial charge in [0.05, 0.1) is 25.0 Å². The number of likely N-dealkylation sites (tertiary alicyclic amines) is 1. The number of aliphatic hydroxyl groups is 1. The van der Waals surface area contributed by atoms with E-state index in [1.807, 2.05) is 6.07 Å². The van der Waals surface area contributed by atoms with Crippen molar-refractivity contribution >= 4 is 15.9 Å². The van der Waals surface area contributed by atoms with Crippen LogP contribution in [0.5, 0.6) is 0 Å². The molecule has 0 bridgehead atoms. The number of carbonyl (C=O) groups excluding carboxylic acids is 1. The molecule has 0 aromatic heterocycles. The summed E-state index contributed by atoms with van der Waals surface area (Å²) in [7, 11) is -3.38. The highest BCUT2D eigenvalue weighted by Crippen LogP contribution is 2.34. The van der Waals surface area contributed by atoms with Gasteiger partial charge in [-0.05, 0) is 43.6 Å². The zero-order valence-electron chi connectivity index (χ0n) is 16.3. The van der Waals surface area contributed by atoms with Gasteiger partial charge in [-0.25, -0.2) is 13.1 Å². The quantitative estimate of drug-likeness (QED) is 0.705. The van der Waals surface area contributed by atoms with Crippen LogP contribution in [0, 0.1) is 0 Å². The Hall–Kier alpha value is -1.48. The Kier molecular flexibility index (Phi) is 7.09. The summed E-state index contributed by atoms with van der Waals surface area (Å²) in [5.41, 5.74) is 1.37. The predicted octanol–water partition coefficient (Wildman–Crippen LogP) is 1.24. The number of nitrogens with one attached hydrogen (secondary N) is 1. The molecule has 156 valence electrons. The lowest BCUT2D eigenvalue weighted by Gasteiger charge is -2.32. The van der Waals surface area contributed by atoms with Crippen molar-refractivity contribution in [2.24, 2.45) is 0 Å². The van der Waals surface area contributed by atoms with Gasteiger partial charge in [0.25, 0.3) is 0 Å². The minimum Gasteiger partial charge on any atom is -0.387 e. The van der Waals surface area contributed by atoms with Crippen molar-refractivity contribution in [2.45, 2.75) is 56.2 Å². The number of rotatable bonds is 7. The molecule has 7 nitrogen and oxygen atoms in total. The molecule has 1 aliphatic heterocycles. The fourth-order valence-corrected chi connectivity index (χ4v) is 5.22. The molecule has 3 rings (SSSR count). The standard InChI is InChI=1S/C20H30N2O5S/c1-28(25,26)21-18-11-12-22(20(24)13-23)19(18)14-27-17-9-7-16(8-10-17)15-5-3-2-4-6-15/h2-6,16-19,21,23H,7-14H2,1H3. The lowest BCUT2D eigenvalue weighted by Crippen LogP contribution is -2.50. The molecule has 1 aromatic rings. The number of amides is 1. The van der Waals surface area contributed by atoms with E-state index < -0.39 is 16.6 Å². The number of sulfonamides is 1. The third-order valence-electron chi connectivity index (χ3n) is 5.81. The summed E-state index contributed by atoms with van der Waals surface area (Å²) in [5, 5.41) is 9.22. The van der Waals surface area contributed by atoms with E-state index in [1.165, 1.54) is 5.56 Å². The first kappa shape index (κ1) is 21.2. The first-order chi connectivity index (χ1) is 13.4. The minimum atomic E-state index is -3.38. The third kappa shape index (κ3) is 5.53. The SMILES string of the molecule is CS(=O)(=O)NC1CCN(C(=O)CO)C1COC1CCC(c2ccccc2)CC1. The van der Waals surface area contributed by atoms with Crippen LogP contribution in [0.25, 0.3) is 0 Å². The maximum Gasteiger partial charge on any atom is 0.248 e. The van der Waals surface area contributed by atoms with Crippen LogP contribution >= 0.6 is 0 Å². The number of nitrogens with zero attached hydrogens (tertiary/aromatic N) is 1. The zero-order chi connectivity index (χ0) is 20.1. The van der Waals surface area contributed by atoms with Gasteiger partial charge < -0.3 is 14.7 Å². The molecule has 0 spiro atoms. The van der Waals surface area contributed by atoms with Gasteiger partial charge in [-0.3, -0.25) is 4.79 Å². The molecule has 28 heavy (non-hydrogen) atoms. The van der Waals surface area contributed by atoms with Crippen LogP contribution in [-0.2, 0) is 19.6 Å². The molecule has 1 saturated heterocycles. The maximum atomic E-state index is 12.0. The monoisotopic (exact) mass is 410 g/mol. The molecule has 1 amide bonds. The Balaban J connectivity index is 1.55. The fraction of sp³-hybridized carbons (Fsp3) is 0.650. The number of benzene rings is 1. The van der Waals surface area contributed by atoms with Crippen LogP contribution in [0.4, 0.5) is 0 Å². The molecular formula is C20H30N2O5S. The van der Waals surface area contributed by atoms with Crippen LogP contribution in [-0.4, -0.2) is 68.5 Å². The van der Waals surface area contributed by atoms with E-state index in [0.29, 0.717) is 18.9 Å². The second-order valence-electron chi connectivity index (χ2n) is 7.82. The Morgan fingerprint density at radius 3 is 2.46 bits per heavy atom. The van der Waals surface area contributed by atoms with Crippen molar-refractivity contribution in [1.29, 1.82) is 0 Å². The van der Waals surface area contributed by atoms with Gasteiger partial charge in [0, 0.05) is 12.6 Å². The van der Waals surface area contributed by atoms with Gasteiger partial charge in [-0.15, -0.1) is 0 Å². The number of hydrogen-bond acceptors (Lipinski definition) is 5. The van der Waals surface area contributed by atoms with Crippen molar-refractivity contribution in [3.8, 4) is 0 Å². The summed E-state index contributed by atoms with van der Waals surface area (Å²) in [6.45, 7) is 0.116. The lowest BCUT2D eigenvalue weighted by atomic mass is 9.83. The predicted molar refractivity (Wildman–Crippen MR) is 106 cm³/mol. The topological polar surface area (TPSA) is 95.9 Å². The Morgan fingerprint density at radius 1 is 1.18 bits per heavy atom. The Labute approximate surface area is 167 Å². The van der Waals surface area contributed by atoms with E-state index in [0.717, 1.165) is 31.9 Å². The normalized spacial score (nSPS) is 28.4. The van der Waals surface area contributed by atoms with Gasteiger partial charge in [0.15, 0.2) is 0 Å². The number of hydrogen-bond donors (Lipinski definition) is 2. The summed E-state index contributed by atoms with van der Waals surface area (Å²) >= 11 is 0. The Bertz CT molecular complexity index is 747. The van der Waals surface area contributed by atoms with Crippen LogP contribution in [0.3, 0.4) is 0 Å². The van der Waals surface area contributed by atoms with Crippen LogP contribution in [0.2, 0.25) is 0 Å². The molecule has 1 heterocycles. The molecule has 2 fully saturated rings. The van der Waals surface area contributed by atoms with Gasteiger partial charge in [-0.2, -0.15) is 0 Å². The van der Waals surface area contributed by atoms with Crippen molar-refractivity contribution in [3.63, 3.8) is 0 Å². The number of carbonyl (C=O) groups is 1. The second-order valence-corrected chi connectivity index (χ2v) is 9.60. The minimum absolute atomic E-state index is 0.116. The molecule has 2 N–H and O–H groups in total. The average Bonchev–Trinajstić information content (AvgIpc) is 3.07. The molecule has 1 aliphatic carbocycles. The van der Waals surface area contributed by atoms with E-state index in [9.17, 15) is 18.3 Å². The van der Waals surface area contributed by atoms with Crippen molar-refractivity contribution in [3.05, 3.63) is 35.9 Å². The molecule has 2 atom stereocenters. The molecule has 2 aliphatic rings. The smallest absolute Gasteiger partial charge is 0.248 e. The van der Waals surface area contributed by atoms with E-state index in [-0.39, 0.29) is 30.7 Å². The van der Waals surface area contributed by atoms with Gasteiger partial charge in [0.2, 0.25) is 15.9 Å². The first-order valence-corrected chi connectivity index (χ1v) is 11.8. The van der Waals surface area contributed by atoms with Gasteiger partial charge >= 0.3 is 0 Å². The van der Waals surface area contributed by atoms with E-state index in [1.54, 1.807) is 4.90 Å². The summed E-state index contributed by atoms with van der Waals surface area (Å²) in [6, 6.07) is 9.74. The number of aliphatic hydroxyl groups excluding tert-OH is 1. The van der Waals surface area contributed by atoms with Crippen molar-refractivity contribution in [2.75, 3.05) is 26.0 Å². The lowest BCUT2D eigenvalue weighted by molar-refractivity contribution is -0.137. The molecule has 2 unspecified atom stereocenters. The van der Waals surface area contributed by atoms with Crippen molar-refractivity contribution in [1.82, 2.24) is 9.62 Å². The van der Waals surface area contributed by atoms with Crippen LogP contribution < -0.4 is 4.72 Å². The average molecular weight is 411 g/mol. The Morgan fingerprint density at radius 2 is 1.86 bits per heavy atom. The molecule has 8 heteroatoms. The number of ether oxygens (including phenoxy) is 1.